The maximum Gasteiger partial charge on any atom is 0.346 e. The van der Waals surface area contributed by atoms with Crippen molar-refractivity contribution in [1.29, 1.82) is 5.26 Å². The quantitative estimate of drug-likeness (QED) is 0.292. The highest BCUT2D eigenvalue weighted by atomic mass is 32.1. The number of likely N-dealkylation sites (tertiary alicyclic amines) is 1. The van der Waals surface area contributed by atoms with Gasteiger partial charge in [0.2, 0.25) is 5.88 Å². The summed E-state index contributed by atoms with van der Waals surface area (Å²) in [5.74, 6) is 0.940. The second-order valence-corrected chi connectivity index (χ2v) is 12.5. The van der Waals surface area contributed by atoms with Gasteiger partial charge in [0.15, 0.2) is 0 Å². The van der Waals surface area contributed by atoms with Crippen LogP contribution in [0.2, 0.25) is 0 Å². The van der Waals surface area contributed by atoms with Crippen molar-refractivity contribution in [2.75, 3.05) is 19.7 Å². The van der Waals surface area contributed by atoms with Crippen LogP contribution < -0.4 is 4.74 Å². The standard InChI is InChI=1S/C31H30FN5O4S/c1-18-22-15-36(16-27-35-29-24(12-25(42-29)30(38)39)37(27)14-21-7-10-40-21)9-8-31(18,22)26-3-2-4-28(34-26)41-17-20-6-5-19(13-33)11-23(20)32/h2-6,11-12,18,21-22H,7-10,14-17H2,1H3,(H,38,39)/t18-,21-,22+,31+/m0/s1. The fourth-order valence-corrected chi connectivity index (χ4v) is 7.62. The number of carboxylic acid groups (broad SMARTS) is 1. The lowest BCUT2D eigenvalue weighted by molar-refractivity contribution is -0.0592. The first-order valence-corrected chi connectivity index (χ1v) is 15.0. The van der Waals surface area contributed by atoms with Crippen molar-refractivity contribution in [3.63, 3.8) is 0 Å². The van der Waals surface area contributed by atoms with Crippen molar-refractivity contribution in [2.24, 2.45) is 11.8 Å². The number of aromatic nitrogens is 3. The summed E-state index contributed by atoms with van der Waals surface area (Å²) in [7, 11) is 0. The molecule has 1 N–H and O–H groups in total. The van der Waals surface area contributed by atoms with Crippen molar-refractivity contribution >= 4 is 27.7 Å². The Morgan fingerprint density at radius 2 is 2.17 bits per heavy atom. The minimum absolute atomic E-state index is 0.0124. The molecule has 11 heteroatoms. The third kappa shape index (κ3) is 4.64. The molecule has 1 saturated carbocycles. The van der Waals surface area contributed by atoms with Gasteiger partial charge in [-0.15, -0.1) is 11.3 Å². The molecule has 1 aromatic carbocycles. The second-order valence-electron chi connectivity index (χ2n) is 11.5. The van der Waals surface area contributed by atoms with Gasteiger partial charge < -0.3 is 19.1 Å². The second kappa shape index (κ2) is 10.5. The summed E-state index contributed by atoms with van der Waals surface area (Å²) in [5.41, 5.74) is 2.53. The number of piperidine rings is 1. The molecule has 2 saturated heterocycles. The van der Waals surface area contributed by atoms with E-state index in [1.165, 1.54) is 17.4 Å². The van der Waals surface area contributed by atoms with Crippen LogP contribution in [0.25, 0.3) is 10.3 Å². The number of nitriles is 1. The molecule has 9 nitrogen and oxygen atoms in total. The van der Waals surface area contributed by atoms with Crippen LogP contribution >= 0.6 is 11.3 Å². The number of rotatable bonds is 9. The molecule has 0 radical (unpaired) electrons. The predicted octanol–water partition coefficient (Wildman–Crippen LogP) is 4.98. The number of imidazole rings is 1. The van der Waals surface area contributed by atoms with Crippen molar-refractivity contribution in [2.45, 2.75) is 51.0 Å². The van der Waals surface area contributed by atoms with Gasteiger partial charge in [0.1, 0.15) is 28.0 Å². The number of hydrogen-bond acceptors (Lipinski definition) is 8. The van der Waals surface area contributed by atoms with E-state index in [2.05, 4.69) is 22.5 Å². The minimum atomic E-state index is -0.925. The molecule has 3 aliphatic rings. The van der Waals surface area contributed by atoms with Gasteiger partial charge in [-0.1, -0.05) is 19.1 Å². The molecule has 7 rings (SSSR count). The number of nitrogens with zero attached hydrogens (tertiary/aromatic N) is 5. The fraction of sp³-hybridized carbons (Fsp3) is 0.419. The highest BCUT2D eigenvalue weighted by Crippen LogP contribution is 2.63. The van der Waals surface area contributed by atoms with E-state index in [0.29, 0.717) is 41.2 Å². The van der Waals surface area contributed by atoms with E-state index in [1.54, 1.807) is 24.3 Å². The molecule has 4 atom stereocenters. The van der Waals surface area contributed by atoms with E-state index in [0.717, 1.165) is 54.4 Å². The number of carboxylic acids is 1. The molecule has 0 amide bonds. The molecule has 3 aromatic heterocycles. The van der Waals surface area contributed by atoms with Crippen LogP contribution in [-0.4, -0.2) is 56.3 Å². The van der Waals surface area contributed by atoms with E-state index in [1.807, 2.05) is 12.1 Å². The molecule has 0 unspecified atom stereocenters. The number of ether oxygens (including phenoxy) is 2. The van der Waals surface area contributed by atoms with E-state index in [9.17, 15) is 14.3 Å². The molecular weight excluding hydrogens is 557 g/mol. The Labute approximate surface area is 246 Å². The van der Waals surface area contributed by atoms with Crippen LogP contribution in [0.15, 0.2) is 42.5 Å². The van der Waals surface area contributed by atoms with E-state index in [4.69, 9.17) is 24.7 Å². The summed E-state index contributed by atoms with van der Waals surface area (Å²) in [6.07, 6.45) is 2.10. The fourth-order valence-electron chi connectivity index (χ4n) is 6.73. The topological polar surface area (TPSA) is 114 Å². The molecule has 4 aromatic rings. The number of halogens is 1. The molecule has 216 valence electrons. The molecular formula is C31H30FN5O4S. The lowest BCUT2D eigenvalue weighted by Crippen LogP contribution is -2.37. The smallest absolute Gasteiger partial charge is 0.346 e. The lowest BCUT2D eigenvalue weighted by atomic mass is 9.90. The monoisotopic (exact) mass is 587 g/mol. The number of hydrogen-bond donors (Lipinski definition) is 1. The maximum absolute atomic E-state index is 14.3. The van der Waals surface area contributed by atoms with Crippen LogP contribution in [0.4, 0.5) is 4.39 Å². The van der Waals surface area contributed by atoms with Gasteiger partial charge in [-0.05, 0) is 55.5 Å². The molecule has 2 aliphatic heterocycles. The van der Waals surface area contributed by atoms with Crippen LogP contribution in [0, 0.1) is 29.0 Å². The first kappa shape index (κ1) is 27.0. The van der Waals surface area contributed by atoms with E-state index >= 15 is 0 Å². The number of carbonyl (C=O) groups is 1. The Morgan fingerprint density at radius 1 is 1.31 bits per heavy atom. The zero-order valence-electron chi connectivity index (χ0n) is 23.1. The van der Waals surface area contributed by atoms with Crippen molar-refractivity contribution in [1.82, 2.24) is 19.4 Å². The number of fused-ring (bicyclic) bond motifs is 2. The highest BCUT2D eigenvalue weighted by molar-refractivity contribution is 7.20. The third-order valence-corrected chi connectivity index (χ3v) is 10.3. The minimum Gasteiger partial charge on any atom is -0.477 e. The first-order valence-electron chi connectivity index (χ1n) is 14.2. The van der Waals surface area contributed by atoms with Gasteiger partial charge in [0.05, 0.1) is 42.0 Å². The first-order chi connectivity index (χ1) is 20.4. The molecule has 1 aliphatic carbocycles. The van der Waals surface area contributed by atoms with E-state index in [-0.39, 0.29) is 23.7 Å². The van der Waals surface area contributed by atoms with Crippen LogP contribution in [0.3, 0.4) is 0 Å². The van der Waals surface area contributed by atoms with Gasteiger partial charge in [0.25, 0.3) is 0 Å². The average molecular weight is 588 g/mol. The zero-order chi connectivity index (χ0) is 29.0. The third-order valence-electron chi connectivity index (χ3n) is 9.31. The Bertz CT molecular complexity index is 1730. The Kier molecular flexibility index (Phi) is 6.72. The predicted molar refractivity (Wildman–Crippen MR) is 153 cm³/mol. The summed E-state index contributed by atoms with van der Waals surface area (Å²) < 4.78 is 28.1. The summed E-state index contributed by atoms with van der Waals surface area (Å²) >= 11 is 1.22. The summed E-state index contributed by atoms with van der Waals surface area (Å²) in [5, 5.41) is 18.4. The van der Waals surface area contributed by atoms with Gasteiger partial charge in [-0.2, -0.15) is 5.26 Å². The molecule has 3 fully saturated rings. The Morgan fingerprint density at radius 3 is 2.88 bits per heavy atom. The van der Waals surface area contributed by atoms with Gasteiger partial charge in [0, 0.05) is 30.2 Å². The Hall–Kier alpha value is -3.85. The number of thiophene rings is 1. The number of aromatic carboxylic acids is 1. The lowest BCUT2D eigenvalue weighted by Gasteiger charge is -2.32. The highest BCUT2D eigenvalue weighted by Gasteiger charge is 2.65. The van der Waals surface area contributed by atoms with Gasteiger partial charge >= 0.3 is 5.97 Å². The largest absolute Gasteiger partial charge is 0.477 e. The molecule has 0 bridgehead atoms. The van der Waals surface area contributed by atoms with Gasteiger partial charge in [-0.25, -0.2) is 19.2 Å². The Balaban J connectivity index is 1.05. The van der Waals surface area contributed by atoms with Crippen LogP contribution in [-0.2, 0) is 29.8 Å². The van der Waals surface area contributed by atoms with Crippen LogP contribution in [0.1, 0.15) is 52.1 Å². The zero-order valence-corrected chi connectivity index (χ0v) is 23.9. The van der Waals surface area contributed by atoms with Crippen LogP contribution in [0.5, 0.6) is 5.88 Å². The maximum atomic E-state index is 14.3. The summed E-state index contributed by atoms with van der Waals surface area (Å²) in [6, 6.07) is 13.9. The normalized spacial score (nSPS) is 25.0. The SMILES string of the molecule is C[C@H]1[C@H]2CN(Cc3nc4sc(C(=O)O)cc4n3C[C@@H]3CCO3)CC[C@]21c1cccc(OCc2ccc(C#N)cc2F)n1. The average Bonchev–Trinajstić information content (AvgIpc) is 3.21. The number of benzene rings is 1. The summed E-state index contributed by atoms with van der Waals surface area (Å²) in [4.78, 5) is 24.8. The van der Waals surface area contributed by atoms with Gasteiger partial charge in [-0.3, -0.25) is 4.90 Å². The van der Waals surface area contributed by atoms with Crippen molar-refractivity contribution in [3.05, 3.63) is 75.8 Å². The molecule has 0 spiro atoms. The summed E-state index contributed by atoms with van der Waals surface area (Å²) in [6.45, 7) is 6.29. The van der Waals surface area contributed by atoms with E-state index < -0.39 is 11.8 Å². The molecule has 5 heterocycles. The van der Waals surface area contributed by atoms with Crippen molar-refractivity contribution in [3.8, 4) is 11.9 Å². The van der Waals surface area contributed by atoms with Crippen molar-refractivity contribution < 1.29 is 23.8 Å². The molecule has 42 heavy (non-hydrogen) atoms. The number of pyridine rings is 1.